The summed E-state index contributed by atoms with van der Waals surface area (Å²) in [6.45, 7) is 1.43. The van der Waals surface area contributed by atoms with Gasteiger partial charge in [0.15, 0.2) is 0 Å². The number of carbonyl (C=O) groups excluding carboxylic acids is 2. The number of benzene rings is 1. The Balaban J connectivity index is 2.36. The average Bonchev–Trinajstić information content (AvgIpc) is 3.04. The summed E-state index contributed by atoms with van der Waals surface area (Å²) in [6.07, 6.45) is 1.82. The maximum Gasteiger partial charge on any atom is 0.236 e. The molecule has 1 aromatic rings. The zero-order chi connectivity index (χ0) is 11.7. The van der Waals surface area contributed by atoms with Gasteiger partial charge in [-0.25, -0.2) is 4.90 Å². The third kappa shape index (κ3) is 2.26. The van der Waals surface area contributed by atoms with Gasteiger partial charge in [-0.15, -0.1) is 0 Å². The lowest BCUT2D eigenvalue weighted by molar-refractivity contribution is -0.126. The number of nitrogens with zero attached hydrogens (tertiary/aromatic N) is 1. The number of hydrogen-bond donors (Lipinski definition) is 0. The molecule has 1 aromatic carbocycles. The fraction of sp³-hybridized carbons (Fsp3) is 0.333. The van der Waals surface area contributed by atoms with E-state index in [-0.39, 0.29) is 17.7 Å². The van der Waals surface area contributed by atoms with Crippen LogP contribution in [-0.4, -0.2) is 11.8 Å². The van der Waals surface area contributed by atoms with Crippen molar-refractivity contribution >= 4 is 40.1 Å². The molecule has 0 bridgehead atoms. The highest BCUT2D eigenvalue weighted by Gasteiger charge is 2.36. The number of amides is 2. The molecular weight excluding hydrogens is 317 g/mol. The lowest BCUT2D eigenvalue weighted by Gasteiger charge is -2.20. The molecule has 0 heterocycles. The zero-order valence-corrected chi connectivity index (χ0v) is 11.1. The highest BCUT2D eigenvalue weighted by atomic mass is 127. The van der Waals surface area contributed by atoms with Gasteiger partial charge in [0, 0.05) is 16.4 Å². The van der Waals surface area contributed by atoms with Crippen LogP contribution in [-0.2, 0) is 9.59 Å². The predicted molar refractivity (Wildman–Crippen MR) is 70.1 cm³/mol. The molecule has 16 heavy (non-hydrogen) atoms. The monoisotopic (exact) mass is 329 g/mol. The second-order valence-electron chi connectivity index (χ2n) is 3.92. The first-order valence-corrected chi connectivity index (χ1v) is 6.28. The minimum Gasteiger partial charge on any atom is -0.274 e. The third-order valence-corrected chi connectivity index (χ3v) is 3.47. The van der Waals surface area contributed by atoms with Crippen LogP contribution in [0.4, 0.5) is 5.69 Å². The number of halogens is 1. The minimum atomic E-state index is -0.207. The van der Waals surface area contributed by atoms with Crippen molar-refractivity contribution in [3.05, 3.63) is 27.8 Å². The van der Waals surface area contributed by atoms with E-state index in [1.165, 1.54) is 11.8 Å². The van der Waals surface area contributed by atoms with E-state index < -0.39 is 0 Å². The molecule has 2 amide bonds. The van der Waals surface area contributed by atoms with Gasteiger partial charge in [0.1, 0.15) is 0 Å². The smallest absolute Gasteiger partial charge is 0.236 e. The molecular formula is C12H12INO2. The zero-order valence-electron chi connectivity index (χ0n) is 8.94. The Labute approximate surface area is 108 Å². The van der Waals surface area contributed by atoms with Gasteiger partial charge in [-0.2, -0.15) is 0 Å². The van der Waals surface area contributed by atoms with E-state index in [9.17, 15) is 9.59 Å². The second-order valence-corrected chi connectivity index (χ2v) is 5.08. The van der Waals surface area contributed by atoms with Crippen molar-refractivity contribution in [2.24, 2.45) is 5.92 Å². The normalized spacial score (nSPS) is 14.6. The SMILES string of the molecule is CC(=O)N(C(=O)C1CC1)c1ccccc1I. The maximum atomic E-state index is 12.0. The van der Waals surface area contributed by atoms with Crippen molar-refractivity contribution in [1.82, 2.24) is 0 Å². The fourth-order valence-corrected chi connectivity index (χ4v) is 2.22. The molecule has 1 saturated carbocycles. The standard InChI is InChI=1S/C12H12INO2/c1-8(15)14(12(16)9-6-7-9)11-5-3-2-4-10(11)13/h2-5,9H,6-7H2,1H3. The Bertz CT molecular complexity index is 440. The molecule has 1 aliphatic carbocycles. The topological polar surface area (TPSA) is 37.4 Å². The molecule has 2 rings (SSSR count). The summed E-state index contributed by atoms with van der Waals surface area (Å²) < 4.78 is 0.921. The lowest BCUT2D eigenvalue weighted by Crippen LogP contribution is -2.36. The molecule has 0 unspecified atom stereocenters. The fourth-order valence-electron chi connectivity index (χ4n) is 1.59. The van der Waals surface area contributed by atoms with Crippen molar-refractivity contribution in [2.75, 3.05) is 4.90 Å². The van der Waals surface area contributed by atoms with E-state index >= 15 is 0 Å². The molecule has 84 valence electrons. The molecule has 1 aliphatic rings. The van der Waals surface area contributed by atoms with Gasteiger partial charge < -0.3 is 0 Å². The molecule has 1 fully saturated rings. The molecule has 0 radical (unpaired) electrons. The van der Waals surface area contributed by atoms with E-state index in [1.807, 2.05) is 24.3 Å². The van der Waals surface area contributed by atoms with Crippen LogP contribution in [0.1, 0.15) is 19.8 Å². The van der Waals surface area contributed by atoms with Crippen molar-refractivity contribution in [2.45, 2.75) is 19.8 Å². The Morgan fingerprint density at radius 1 is 1.31 bits per heavy atom. The van der Waals surface area contributed by atoms with Crippen molar-refractivity contribution < 1.29 is 9.59 Å². The summed E-state index contributed by atoms with van der Waals surface area (Å²) >= 11 is 2.14. The van der Waals surface area contributed by atoms with Gasteiger partial charge >= 0.3 is 0 Å². The molecule has 0 spiro atoms. The number of para-hydroxylation sites is 1. The highest BCUT2D eigenvalue weighted by Crippen LogP contribution is 2.34. The first-order chi connectivity index (χ1) is 7.61. The third-order valence-electron chi connectivity index (χ3n) is 2.56. The summed E-state index contributed by atoms with van der Waals surface area (Å²) in [5.74, 6) is -0.211. The van der Waals surface area contributed by atoms with E-state index in [2.05, 4.69) is 22.6 Å². The van der Waals surface area contributed by atoms with Crippen LogP contribution in [0.5, 0.6) is 0 Å². The number of imide groups is 1. The number of hydrogen-bond acceptors (Lipinski definition) is 2. The predicted octanol–water partition coefficient (Wildman–Crippen LogP) is 2.58. The number of carbonyl (C=O) groups is 2. The minimum absolute atomic E-state index is 0.0555. The van der Waals surface area contributed by atoms with Gasteiger partial charge in [-0.3, -0.25) is 9.59 Å². The van der Waals surface area contributed by atoms with Crippen LogP contribution >= 0.6 is 22.6 Å². The lowest BCUT2D eigenvalue weighted by atomic mass is 10.2. The van der Waals surface area contributed by atoms with Gasteiger partial charge in [-0.1, -0.05) is 12.1 Å². The summed E-state index contributed by atoms with van der Waals surface area (Å²) in [6, 6.07) is 7.44. The summed E-state index contributed by atoms with van der Waals surface area (Å²) in [5, 5.41) is 0. The Hall–Kier alpha value is -0.910. The molecule has 4 heteroatoms. The molecule has 0 atom stereocenters. The number of rotatable bonds is 2. The quantitative estimate of drug-likeness (QED) is 0.782. The van der Waals surface area contributed by atoms with Crippen molar-refractivity contribution in [3.63, 3.8) is 0 Å². The van der Waals surface area contributed by atoms with Gasteiger partial charge in [0.25, 0.3) is 0 Å². The largest absolute Gasteiger partial charge is 0.274 e. The second kappa shape index (κ2) is 4.53. The van der Waals surface area contributed by atoms with Crippen LogP contribution in [0, 0.1) is 9.49 Å². The van der Waals surface area contributed by atoms with E-state index in [0.29, 0.717) is 5.69 Å². The van der Waals surface area contributed by atoms with Crippen LogP contribution in [0.2, 0.25) is 0 Å². The average molecular weight is 329 g/mol. The van der Waals surface area contributed by atoms with Gasteiger partial charge in [0.2, 0.25) is 11.8 Å². The summed E-state index contributed by atoms with van der Waals surface area (Å²) in [4.78, 5) is 24.9. The van der Waals surface area contributed by atoms with E-state index in [1.54, 1.807) is 0 Å². The van der Waals surface area contributed by atoms with Crippen LogP contribution in [0.3, 0.4) is 0 Å². The first-order valence-electron chi connectivity index (χ1n) is 5.20. The molecule has 3 nitrogen and oxygen atoms in total. The van der Waals surface area contributed by atoms with Crippen LogP contribution in [0.15, 0.2) is 24.3 Å². The Kier molecular flexibility index (Phi) is 3.28. The van der Waals surface area contributed by atoms with Gasteiger partial charge in [0.05, 0.1) is 5.69 Å². The molecule has 0 saturated heterocycles. The number of anilines is 1. The Morgan fingerprint density at radius 2 is 1.94 bits per heavy atom. The summed E-state index contributed by atoms with van der Waals surface area (Å²) in [5.41, 5.74) is 0.701. The van der Waals surface area contributed by atoms with Crippen molar-refractivity contribution in [3.8, 4) is 0 Å². The van der Waals surface area contributed by atoms with Gasteiger partial charge in [-0.05, 0) is 47.6 Å². The first kappa shape index (κ1) is 11.6. The summed E-state index contributed by atoms with van der Waals surface area (Å²) in [7, 11) is 0. The van der Waals surface area contributed by atoms with Crippen LogP contribution in [0.25, 0.3) is 0 Å². The molecule has 0 aliphatic heterocycles. The molecule has 0 N–H and O–H groups in total. The maximum absolute atomic E-state index is 12.0. The van der Waals surface area contributed by atoms with E-state index in [4.69, 9.17) is 0 Å². The van der Waals surface area contributed by atoms with Crippen LogP contribution < -0.4 is 4.90 Å². The highest BCUT2D eigenvalue weighted by molar-refractivity contribution is 14.1. The van der Waals surface area contributed by atoms with Crippen molar-refractivity contribution in [1.29, 1.82) is 0 Å². The Morgan fingerprint density at radius 3 is 2.44 bits per heavy atom. The molecule has 0 aromatic heterocycles. The van der Waals surface area contributed by atoms with E-state index in [0.717, 1.165) is 16.4 Å².